The summed E-state index contributed by atoms with van der Waals surface area (Å²) in [6.45, 7) is 0. The molecule has 27 heavy (non-hydrogen) atoms. The van der Waals surface area contributed by atoms with E-state index < -0.39 is 0 Å². The molecule has 0 spiro atoms. The summed E-state index contributed by atoms with van der Waals surface area (Å²) in [5, 5.41) is 10.7. The van der Waals surface area contributed by atoms with Crippen molar-refractivity contribution in [3.8, 4) is 5.69 Å². The first kappa shape index (κ1) is 15.6. The van der Waals surface area contributed by atoms with Gasteiger partial charge in [-0.2, -0.15) is 5.10 Å². The van der Waals surface area contributed by atoms with E-state index in [0.717, 1.165) is 38.6 Å². The second-order valence-corrected chi connectivity index (χ2v) is 6.49. The van der Waals surface area contributed by atoms with Crippen molar-refractivity contribution < 1.29 is 4.39 Å². The van der Waals surface area contributed by atoms with Gasteiger partial charge in [-0.05, 0) is 41.1 Å². The zero-order valence-corrected chi connectivity index (χ0v) is 14.4. The zero-order chi connectivity index (χ0) is 18.2. The van der Waals surface area contributed by atoms with Crippen molar-refractivity contribution in [2.45, 2.75) is 0 Å². The Bertz CT molecular complexity index is 1260. The van der Waals surface area contributed by atoms with Crippen molar-refractivity contribution in [3.05, 3.63) is 96.2 Å². The van der Waals surface area contributed by atoms with Crippen LogP contribution in [0.4, 0.5) is 4.39 Å². The highest BCUT2D eigenvalue weighted by atomic mass is 19.1. The molecule has 1 N–H and O–H groups in total. The molecule has 0 aliphatic carbocycles. The van der Waals surface area contributed by atoms with Crippen LogP contribution in [0.5, 0.6) is 0 Å². The molecule has 0 saturated heterocycles. The van der Waals surface area contributed by atoms with E-state index in [1.54, 1.807) is 12.1 Å². The second-order valence-electron chi connectivity index (χ2n) is 6.49. The minimum absolute atomic E-state index is 0.262. The SMILES string of the molecule is Fc1ccc(-n2cc3ccccc3c2)c(/C=C/c2n[nH]c3ccccc23)c1. The number of fused-ring (bicyclic) bond motifs is 2. The van der Waals surface area contributed by atoms with Gasteiger partial charge in [0.25, 0.3) is 0 Å². The second kappa shape index (κ2) is 6.25. The third-order valence-electron chi connectivity index (χ3n) is 4.74. The number of aromatic nitrogens is 3. The Morgan fingerprint density at radius 1 is 0.852 bits per heavy atom. The molecule has 0 aliphatic rings. The highest BCUT2D eigenvalue weighted by molar-refractivity contribution is 5.90. The van der Waals surface area contributed by atoms with Gasteiger partial charge in [-0.25, -0.2) is 4.39 Å². The maximum absolute atomic E-state index is 13.9. The van der Waals surface area contributed by atoms with Crippen LogP contribution in [0.1, 0.15) is 11.3 Å². The Balaban J connectivity index is 1.60. The van der Waals surface area contributed by atoms with Crippen LogP contribution >= 0.6 is 0 Å². The summed E-state index contributed by atoms with van der Waals surface area (Å²) in [5.74, 6) is -0.262. The van der Waals surface area contributed by atoms with E-state index in [1.807, 2.05) is 53.1 Å². The van der Waals surface area contributed by atoms with Gasteiger partial charge in [0.1, 0.15) is 5.82 Å². The maximum atomic E-state index is 13.9. The van der Waals surface area contributed by atoms with Crippen LogP contribution < -0.4 is 0 Å². The summed E-state index contributed by atoms with van der Waals surface area (Å²) in [4.78, 5) is 0. The number of halogens is 1. The third kappa shape index (κ3) is 2.81. The fraction of sp³-hybridized carbons (Fsp3) is 0. The average Bonchev–Trinajstić information content (AvgIpc) is 3.30. The Hall–Kier alpha value is -3.66. The van der Waals surface area contributed by atoms with Crippen molar-refractivity contribution in [2.75, 3.05) is 0 Å². The van der Waals surface area contributed by atoms with E-state index in [4.69, 9.17) is 0 Å². The van der Waals surface area contributed by atoms with Crippen LogP contribution in [0.2, 0.25) is 0 Å². The zero-order valence-electron chi connectivity index (χ0n) is 14.4. The van der Waals surface area contributed by atoms with Gasteiger partial charge in [-0.3, -0.25) is 5.10 Å². The summed E-state index contributed by atoms with van der Waals surface area (Å²) < 4.78 is 16.0. The number of para-hydroxylation sites is 1. The summed E-state index contributed by atoms with van der Waals surface area (Å²) in [6, 6.07) is 21.0. The number of nitrogens with one attached hydrogen (secondary N) is 1. The molecule has 0 fully saturated rings. The largest absolute Gasteiger partial charge is 0.322 e. The molecule has 5 aromatic rings. The lowest BCUT2D eigenvalue weighted by molar-refractivity contribution is 0.627. The number of hydrogen-bond acceptors (Lipinski definition) is 1. The quantitative estimate of drug-likeness (QED) is 0.436. The van der Waals surface area contributed by atoms with Gasteiger partial charge < -0.3 is 4.57 Å². The normalized spacial score (nSPS) is 11.7. The van der Waals surface area contributed by atoms with Gasteiger partial charge >= 0.3 is 0 Å². The van der Waals surface area contributed by atoms with E-state index in [1.165, 1.54) is 6.07 Å². The molecule has 2 aromatic heterocycles. The predicted molar refractivity (Wildman–Crippen MR) is 108 cm³/mol. The molecule has 0 atom stereocenters. The molecule has 0 amide bonds. The van der Waals surface area contributed by atoms with Crippen molar-refractivity contribution in [1.82, 2.24) is 14.8 Å². The third-order valence-corrected chi connectivity index (χ3v) is 4.74. The van der Waals surface area contributed by atoms with Gasteiger partial charge in [0.2, 0.25) is 0 Å². The predicted octanol–water partition coefficient (Wildman–Crippen LogP) is 5.82. The van der Waals surface area contributed by atoms with Gasteiger partial charge in [-0.15, -0.1) is 0 Å². The first-order valence-electron chi connectivity index (χ1n) is 8.76. The topological polar surface area (TPSA) is 33.6 Å². The lowest BCUT2D eigenvalue weighted by Gasteiger charge is -2.07. The van der Waals surface area contributed by atoms with Gasteiger partial charge in [-0.1, -0.05) is 48.5 Å². The summed E-state index contributed by atoms with van der Waals surface area (Å²) >= 11 is 0. The molecule has 3 aromatic carbocycles. The number of hydrogen-bond donors (Lipinski definition) is 1. The standard InChI is InChI=1S/C23H16FN3/c24-19-10-12-23(27-14-17-5-1-2-6-18(17)15-27)16(13-19)9-11-22-20-7-3-4-8-21(20)25-26-22/h1-15H,(H,25,26)/b11-9+. The van der Waals surface area contributed by atoms with Crippen LogP contribution in [-0.2, 0) is 0 Å². The van der Waals surface area contributed by atoms with Gasteiger partial charge in [0, 0.05) is 23.3 Å². The van der Waals surface area contributed by atoms with Crippen LogP contribution in [0, 0.1) is 5.82 Å². The number of aromatic amines is 1. The monoisotopic (exact) mass is 353 g/mol. The van der Waals surface area contributed by atoms with Gasteiger partial charge in [0.05, 0.1) is 16.9 Å². The van der Waals surface area contributed by atoms with Crippen LogP contribution in [0.15, 0.2) is 79.1 Å². The number of H-pyrrole nitrogens is 1. The first-order chi connectivity index (χ1) is 13.3. The Morgan fingerprint density at radius 3 is 2.41 bits per heavy atom. The van der Waals surface area contributed by atoms with E-state index in [2.05, 4.69) is 34.7 Å². The lowest BCUT2D eigenvalue weighted by Crippen LogP contribution is -1.94. The van der Waals surface area contributed by atoms with Crippen molar-refractivity contribution in [2.24, 2.45) is 0 Å². The molecule has 2 heterocycles. The Labute approximate surface area is 155 Å². The first-order valence-corrected chi connectivity index (χ1v) is 8.76. The lowest BCUT2D eigenvalue weighted by atomic mass is 10.1. The molecule has 0 saturated carbocycles. The summed E-state index contributed by atoms with van der Waals surface area (Å²) in [7, 11) is 0. The average molecular weight is 353 g/mol. The van der Waals surface area contributed by atoms with Crippen molar-refractivity contribution >= 4 is 33.8 Å². The minimum atomic E-state index is -0.262. The highest BCUT2D eigenvalue weighted by Crippen LogP contribution is 2.24. The molecule has 5 rings (SSSR count). The summed E-state index contributed by atoms with van der Waals surface area (Å²) in [5.41, 5.74) is 3.53. The molecule has 0 aliphatic heterocycles. The van der Waals surface area contributed by atoms with Crippen LogP contribution in [0.3, 0.4) is 0 Å². The van der Waals surface area contributed by atoms with E-state index in [0.29, 0.717) is 0 Å². The molecular weight excluding hydrogens is 337 g/mol. The highest BCUT2D eigenvalue weighted by Gasteiger charge is 2.07. The molecule has 4 heteroatoms. The molecule has 130 valence electrons. The Kier molecular flexibility index (Phi) is 3.61. The minimum Gasteiger partial charge on any atom is -0.322 e. The van der Waals surface area contributed by atoms with Crippen LogP contribution in [-0.4, -0.2) is 14.8 Å². The van der Waals surface area contributed by atoms with Crippen molar-refractivity contribution in [1.29, 1.82) is 0 Å². The van der Waals surface area contributed by atoms with Crippen LogP contribution in [0.25, 0.3) is 39.5 Å². The van der Waals surface area contributed by atoms with Gasteiger partial charge in [0.15, 0.2) is 0 Å². The number of rotatable bonds is 3. The molecule has 0 bridgehead atoms. The van der Waals surface area contributed by atoms with E-state index >= 15 is 0 Å². The fourth-order valence-corrected chi connectivity index (χ4v) is 3.40. The smallest absolute Gasteiger partial charge is 0.123 e. The number of benzene rings is 3. The molecule has 0 radical (unpaired) electrons. The van der Waals surface area contributed by atoms with E-state index in [9.17, 15) is 4.39 Å². The molecule has 3 nitrogen and oxygen atoms in total. The molecular formula is C23H16FN3. The van der Waals surface area contributed by atoms with Crippen molar-refractivity contribution in [3.63, 3.8) is 0 Å². The fourth-order valence-electron chi connectivity index (χ4n) is 3.40. The van der Waals surface area contributed by atoms with E-state index in [-0.39, 0.29) is 5.82 Å². The Morgan fingerprint density at radius 2 is 1.59 bits per heavy atom. The summed E-state index contributed by atoms with van der Waals surface area (Å²) in [6.07, 6.45) is 7.94. The number of nitrogens with zero attached hydrogens (tertiary/aromatic N) is 2. The molecule has 0 unspecified atom stereocenters. The maximum Gasteiger partial charge on any atom is 0.123 e.